The fraction of sp³-hybridized carbons (Fsp3) is 0.286. The second kappa shape index (κ2) is 12.1. The van der Waals surface area contributed by atoms with Crippen LogP contribution >= 0.6 is 0 Å². The molecule has 1 fully saturated rings. The van der Waals surface area contributed by atoms with Crippen LogP contribution in [-0.2, 0) is 15.1 Å². The van der Waals surface area contributed by atoms with Crippen molar-refractivity contribution in [3.8, 4) is 0 Å². The highest BCUT2D eigenvalue weighted by Gasteiger charge is 2.30. The van der Waals surface area contributed by atoms with Crippen LogP contribution in [0.1, 0.15) is 64.4 Å². The topological polar surface area (TPSA) is 118 Å². The third kappa shape index (κ3) is 6.41. The minimum atomic E-state index is -0.631. The minimum Gasteiger partial charge on any atom is -0.378 e. The lowest BCUT2D eigenvalue weighted by atomic mass is 9.96. The molecule has 0 spiro atoms. The van der Waals surface area contributed by atoms with E-state index in [-0.39, 0.29) is 23.1 Å². The van der Waals surface area contributed by atoms with E-state index in [0.717, 1.165) is 30.2 Å². The number of aliphatic imine (C=N–C) groups is 1. The maximum absolute atomic E-state index is 13.6. The summed E-state index contributed by atoms with van der Waals surface area (Å²) in [4.78, 5) is 46.5. The molecule has 1 saturated heterocycles. The molecule has 0 aliphatic carbocycles. The van der Waals surface area contributed by atoms with Crippen molar-refractivity contribution in [3.63, 3.8) is 0 Å². The van der Waals surface area contributed by atoms with Gasteiger partial charge in [-0.2, -0.15) is 5.10 Å². The number of rotatable bonds is 7. The average molecular weight is 605 g/mol. The van der Waals surface area contributed by atoms with Crippen LogP contribution in [0.25, 0.3) is 0 Å². The number of fused-ring (bicyclic) bond motifs is 1. The van der Waals surface area contributed by atoms with Crippen LogP contribution in [-0.4, -0.2) is 59.9 Å². The van der Waals surface area contributed by atoms with Crippen molar-refractivity contribution >= 4 is 46.6 Å². The predicted octanol–water partition coefficient (Wildman–Crippen LogP) is 5.70. The Balaban J connectivity index is 1.18. The van der Waals surface area contributed by atoms with Gasteiger partial charge in [0.2, 0.25) is 5.91 Å². The zero-order chi connectivity index (χ0) is 31.7. The minimum absolute atomic E-state index is 0.197. The van der Waals surface area contributed by atoms with E-state index in [1.807, 2.05) is 52.0 Å². The number of carbonyl (C=O) groups excluding carboxylic acids is 3. The molecule has 10 nitrogen and oxygen atoms in total. The van der Waals surface area contributed by atoms with Gasteiger partial charge >= 0.3 is 0 Å². The molecule has 0 bridgehead atoms. The Hall–Kier alpha value is -5.09. The molecule has 10 heteroatoms. The molecular formula is C35H36N6O4. The first-order chi connectivity index (χ1) is 21.6. The number of carbonyl (C=O) groups is 3. The third-order valence-electron chi connectivity index (χ3n) is 7.87. The molecule has 0 saturated carbocycles. The predicted molar refractivity (Wildman–Crippen MR) is 175 cm³/mol. The third-order valence-corrected chi connectivity index (χ3v) is 7.87. The Kier molecular flexibility index (Phi) is 8.07. The van der Waals surface area contributed by atoms with Gasteiger partial charge in [0.05, 0.1) is 30.1 Å². The summed E-state index contributed by atoms with van der Waals surface area (Å²) < 4.78 is 7.13. The van der Waals surface area contributed by atoms with E-state index >= 15 is 0 Å². The normalized spacial score (nSPS) is 16.5. The maximum atomic E-state index is 13.6. The number of nitrogens with zero attached hydrogens (tertiary/aromatic N) is 4. The Bertz CT molecular complexity index is 1800. The summed E-state index contributed by atoms with van der Waals surface area (Å²) in [5.41, 5.74) is 5.34. The van der Waals surface area contributed by atoms with Crippen LogP contribution in [0, 0.1) is 6.92 Å². The molecule has 6 rings (SSSR count). The Morgan fingerprint density at radius 3 is 2.47 bits per heavy atom. The highest BCUT2D eigenvalue weighted by molar-refractivity contribution is 6.15. The molecule has 4 aromatic rings. The first kappa shape index (κ1) is 30.0. The van der Waals surface area contributed by atoms with Crippen molar-refractivity contribution in [1.29, 1.82) is 0 Å². The van der Waals surface area contributed by atoms with Gasteiger partial charge in [0.15, 0.2) is 5.78 Å². The number of ketones is 1. The van der Waals surface area contributed by atoms with E-state index in [9.17, 15) is 14.4 Å². The number of morpholine rings is 1. The molecule has 2 amide bonds. The summed E-state index contributed by atoms with van der Waals surface area (Å²) in [5.74, 6) is -1.36. The summed E-state index contributed by atoms with van der Waals surface area (Å²) in [6, 6.07) is 21.7. The lowest BCUT2D eigenvalue weighted by Crippen LogP contribution is -2.36. The summed E-state index contributed by atoms with van der Waals surface area (Å²) in [6.07, 6.45) is 1.62. The van der Waals surface area contributed by atoms with Crippen molar-refractivity contribution in [2.45, 2.75) is 39.2 Å². The molecule has 2 aliphatic rings. The zero-order valence-electron chi connectivity index (χ0n) is 25.8. The summed E-state index contributed by atoms with van der Waals surface area (Å²) >= 11 is 0. The molecule has 1 aromatic heterocycles. The number of ether oxygens (including phenoxy) is 1. The van der Waals surface area contributed by atoms with E-state index in [4.69, 9.17) is 4.74 Å². The van der Waals surface area contributed by atoms with Crippen LogP contribution < -0.4 is 15.5 Å². The fourth-order valence-electron chi connectivity index (χ4n) is 5.58. The second-order valence-electron chi connectivity index (χ2n) is 12.3. The number of anilines is 3. The first-order valence-electron chi connectivity index (χ1n) is 15.0. The van der Waals surface area contributed by atoms with Crippen LogP contribution in [0.2, 0.25) is 0 Å². The van der Waals surface area contributed by atoms with E-state index in [1.165, 1.54) is 0 Å². The van der Waals surface area contributed by atoms with Gasteiger partial charge in [-0.15, -0.1) is 0 Å². The Morgan fingerprint density at radius 2 is 1.73 bits per heavy atom. The number of amides is 2. The number of aromatic nitrogens is 2. The van der Waals surface area contributed by atoms with Crippen molar-refractivity contribution < 1.29 is 19.1 Å². The number of nitrogens with one attached hydrogen (secondary N) is 2. The Labute approximate surface area is 262 Å². The van der Waals surface area contributed by atoms with Gasteiger partial charge < -0.3 is 20.3 Å². The van der Waals surface area contributed by atoms with Crippen molar-refractivity contribution in [3.05, 3.63) is 101 Å². The van der Waals surface area contributed by atoms with E-state index in [0.29, 0.717) is 47.0 Å². The van der Waals surface area contributed by atoms with Crippen LogP contribution in [0.5, 0.6) is 0 Å². The van der Waals surface area contributed by atoms with Gasteiger partial charge in [0, 0.05) is 47.5 Å². The molecule has 3 heterocycles. The van der Waals surface area contributed by atoms with Crippen LogP contribution in [0.15, 0.2) is 77.8 Å². The highest BCUT2D eigenvalue weighted by atomic mass is 16.5. The lowest BCUT2D eigenvalue weighted by Gasteiger charge is -2.28. The SMILES string of the molecule is Cc1cc(C(=O)Nc2cccc(C(=O)c3ccc4c(c3)C(C=Nc3ccc(N5CCOCC5)cc3)C(=O)N4)c2)n(C(C)(C)C)n1. The highest BCUT2D eigenvalue weighted by Crippen LogP contribution is 2.34. The largest absolute Gasteiger partial charge is 0.378 e. The number of benzene rings is 3. The van der Waals surface area contributed by atoms with E-state index < -0.39 is 5.92 Å². The molecule has 1 atom stereocenters. The van der Waals surface area contributed by atoms with Crippen molar-refractivity contribution in [2.75, 3.05) is 41.8 Å². The lowest BCUT2D eigenvalue weighted by molar-refractivity contribution is -0.115. The standard InChI is InChI=1S/C35H36N6O4/c1-22-18-31(41(39-22)35(2,3)4)34(44)37-26-7-5-6-23(19-26)32(42)24-8-13-30-28(20-24)29(33(43)38-30)21-36-25-9-11-27(12-10-25)40-14-16-45-17-15-40/h5-13,18-21,29H,14-17H2,1-4H3,(H,37,44)(H,38,43). The first-order valence-corrected chi connectivity index (χ1v) is 15.0. The van der Waals surface area contributed by atoms with E-state index in [2.05, 4.69) is 25.6 Å². The van der Waals surface area contributed by atoms with Crippen LogP contribution in [0.3, 0.4) is 0 Å². The number of aryl methyl sites for hydroxylation is 1. The van der Waals surface area contributed by atoms with Crippen molar-refractivity contribution in [1.82, 2.24) is 9.78 Å². The molecule has 1 unspecified atom stereocenters. The van der Waals surface area contributed by atoms with Gasteiger partial charge in [-0.05, 0) is 93.9 Å². The van der Waals surface area contributed by atoms with Gasteiger partial charge in [-0.1, -0.05) is 12.1 Å². The Morgan fingerprint density at radius 1 is 1.00 bits per heavy atom. The van der Waals surface area contributed by atoms with Gasteiger partial charge in [0.25, 0.3) is 5.91 Å². The van der Waals surface area contributed by atoms with Gasteiger partial charge in [-0.3, -0.25) is 24.1 Å². The number of hydrogen-bond acceptors (Lipinski definition) is 7. The maximum Gasteiger partial charge on any atom is 0.273 e. The zero-order valence-corrected chi connectivity index (χ0v) is 25.8. The number of hydrogen-bond donors (Lipinski definition) is 2. The van der Waals surface area contributed by atoms with Gasteiger partial charge in [0.1, 0.15) is 11.6 Å². The smallest absolute Gasteiger partial charge is 0.273 e. The van der Waals surface area contributed by atoms with E-state index in [1.54, 1.807) is 59.4 Å². The molecule has 2 aliphatic heterocycles. The average Bonchev–Trinajstić information content (AvgIpc) is 3.59. The molecule has 3 aromatic carbocycles. The summed E-state index contributed by atoms with van der Waals surface area (Å²) in [5, 5.41) is 10.3. The van der Waals surface area contributed by atoms with Gasteiger partial charge in [-0.25, -0.2) is 0 Å². The summed E-state index contributed by atoms with van der Waals surface area (Å²) in [6.45, 7) is 10.9. The molecule has 45 heavy (non-hydrogen) atoms. The van der Waals surface area contributed by atoms with Crippen molar-refractivity contribution in [2.24, 2.45) is 4.99 Å². The summed E-state index contributed by atoms with van der Waals surface area (Å²) in [7, 11) is 0. The quantitative estimate of drug-likeness (QED) is 0.206. The monoisotopic (exact) mass is 604 g/mol. The molecular weight excluding hydrogens is 568 g/mol. The van der Waals surface area contributed by atoms with Crippen LogP contribution in [0.4, 0.5) is 22.7 Å². The fourth-order valence-corrected chi connectivity index (χ4v) is 5.58. The molecule has 2 N–H and O–H groups in total. The molecule has 230 valence electrons. The molecule has 0 radical (unpaired) electrons. The second-order valence-corrected chi connectivity index (χ2v) is 12.3.